The Bertz CT molecular complexity index is 543. The molecule has 2 aromatic rings. The summed E-state index contributed by atoms with van der Waals surface area (Å²) in [6.45, 7) is 0.415. The highest BCUT2D eigenvalue weighted by atomic mass is 35.5. The molecule has 2 aromatic carbocycles. The van der Waals surface area contributed by atoms with E-state index in [9.17, 15) is 0 Å². The maximum atomic E-state index is 5.91. The molecule has 0 amide bonds. The van der Waals surface area contributed by atoms with Gasteiger partial charge < -0.3 is 15.2 Å². The van der Waals surface area contributed by atoms with E-state index in [1.54, 1.807) is 25.3 Å². The topological polar surface area (TPSA) is 44.5 Å². The summed E-state index contributed by atoms with van der Waals surface area (Å²) in [5.74, 6) is 1.32. The number of rotatable bonds is 4. The van der Waals surface area contributed by atoms with Crippen molar-refractivity contribution in [1.82, 2.24) is 0 Å². The Hall–Kier alpha value is -1.87. The smallest absolute Gasteiger partial charge is 0.146 e. The van der Waals surface area contributed by atoms with Gasteiger partial charge in [0.05, 0.1) is 12.8 Å². The molecule has 0 atom stereocenters. The number of hydrogen-bond donors (Lipinski definition) is 1. The lowest BCUT2D eigenvalue weighted by Gasteiger charge is -2.10. The van der Waals surface area contributed by atoms with Gasteiger partial charge in [-0.1, -0.05) is 23.7 Å². The van der Waals surface area contributed by atoms with E-state index >= 15 is 0 Å². The first kappa shape index (κ1) is 12.6. The van der Waals surface area contributed by atoms with E-state index in [-0.39, 0.29) is 0 Å². The molecule has 94 valence electrons. The Morgan fingerprint density at radius 1 is 1.17 bits per heavy atom. The molecule has 0 saturated heterocycles. The van der Waals surface area contributed by atoms with Gasteiger partial charge in [-0.05, 0) is 29.8 Å². The predicted octanol–water partition coefficient (Wildman–Crippen LogP) is 3.51. The van der Waals surface area contributed by atoms with Gasteiger partial charge in [0.1, 0.15) is 18.1 Å². The number of nitrogens with two attached hydrogens (primary N) is 1. The summed E-state index contributed by atoms with van der Waals surface area (Å²) in [6.07, 6.45) is 0. The van der Waals surface area contributed by atoms with Crippen molar-refractivity contribution in [2.75, 3.05) is 12.8 Å². The third-order valence-electron chi connectivity index (χ3n) is 2.50. The molecule has 0 saturated carbocycles. The maximum absolute atomic E-state index is 5.91. The molecule has 0 spiro atoms. The number of anilines is 1. The van der Waals surface area contributed by atoms with E-state index in [1.807, 2.05) is 24.3 Å². The number of methoxy groups -OCH3 is 1. The van der Waals surface area contributed by atoms with Crippen molar-refractivity contribution < 1.29 is 9.47 Å². The quantitative estimate of drug-likeness (QED) is 0.859. The van der Waals surface area contributed by atoms with Crippen LogP contribution in [0.1, 0.15) is 5.56 Å². The molecule has 0 aromatic heterocycles. The normalized spacial score (nSPS) is 10.1. The highest BCUT2D eigenvalue weighted by Gasteiger charge is 2.03. The molecule has 0 aliphatic carbocycles. The van der Waals surface area contributed by atoms with Gasteiger partial charge in [-0.3, -0.25) is 0 Å². The number of nitrogen functional groups attached to an aromatic ring is 1. The second-order valence-electron chi connectivity index (χ2n) is 3.82. The van der Waals surface area contributed by atoms with Gasteiger partial charge in [0.2, 0.25) is 0 Å². The lowest BCUT2D eigenvalue weighted by Crippen LogP contribution is -1.99. The third-order valence-corrected chi connectivity index (χ3v) is 2.74. The molecule has 2 N–H and O–H groups in total. The monoisotopic (exact) mass is 263 g/mol. The van der Waals surface area contributed by atoms with E-state index in [1.165, 1.54) is 0 Å². The Labute approximate surface area is 111 Å². The first-order valence-electron chi connectivity index (χ1n) is 5.50. The molecular weight excluding hydrogens is 250 g/mol. The van der Waals surface area contributed by atoms with Gasteiger partial charge >= 0.3 is 0 Å². The molecule has 0 heterocycles. The summed E-state index contributed by atoms with van der Waals surface area (Å²) in [5, 5.41) is 0.690. The minimum absolute atomic E-state index is 0.415. The zero-order valence-corrected chi connectivity index (χ0v) is 10.8. The van der Waals surface area contributed by atoms with E-state index in [4.69, 9.17) is 26.8 Å². The van der Waals surface area contributed by atoms with Crippen LogP contribution in [0.4, 0.5) is 5.69 Å². The van der Waals surface area contributed by atoms with E-state index < -0.39 is 0 Å². The van der Waals surface area contributed by atoms with Gasteiger partial charge in [0, 0.05) is 11.1 Å². The highest BCUT2D eigenvalue weighted by Crippen LogP contribution is 2.27. The van der Waals surface area contributed by atoms with Crippen LogP contribution >= 0.6 is 11.6 Å². The van der Waals surface area contributed by atoms with Crippen LogP contribution in [0, 0.1) is 0 Å². The summed E-state index contributed by atoms with van der Waals surface area (Å²) in [6, 6.07) is 12.8. The van der Waals surface area contributed by atoms with Gasteiger partial charge in [0.15, 0.2) is 0 Å². The molecule has 0 radical (unpaired) electrons. The average molecular weight is 264 g/mol. The van der Waals surface area contributed by atoms with Gasteiger partial charge in [-0.15, -0.1) is 0 Å². The van der Waals surface area contributed by atoms with E-state index in [0.717, 1.165) is 5.56 Å². The zero-order valence-electron chi connectivity index (χ0n) is 10.0. The molecule has 4 heteroatoms. The molecule has 0 aliphatic heterocycles. The molecule has 0 fully saturated rings. The minimum atomic E-state index is 0.415. The fraction of sp³-hybridized carbons (Fsp3) is 0.143. The Morgan fingerprint density at radius 3 is 2.72 bits per heavy atom. The molecule has 0 unspecified atom stereocenters. The van der Waals surface area contributed by atoms with Crippen molar-refractivity contribution in [3.05, 3.63) is 53.1 Å². The lowest BCUT2D eigenvalue weighted by atomic mass is 10.2. The van der Waals surface area contributed by atoms with Gasteiger partial charge in [-0.2, -0.15) is 0 Å². The summed E-state index contributed by atoms with van der Waals surface area (Å²) in [5.41, 5.74) is 7.40. The molecule has 3 nitrogen and oxygen atoms in total. The Kier molecular flexibility index (Phi) is 3.95. The van der Waals surface area contributed by atoms with Crippen LogP contribution < -0.4 is 15.2 Å². The lowest BCUT2D eigenvalue weighted by molar-refractivity contribution is 0.305. The first-order chi connectivity index (χ1) is 8.69. The van der Waals surface area contributed by atoms with Crippen LogP contribution in [-0.4, -0.2) is 7.11 Å². The molecule has 18 heavy (non-hydrogen) atoms. The number of halogens is 1. The van der Waals surface area contributed by atoms with E-state index in [0.29, 0.717) is 28.8 Å². The van der Waals surface area contributed by atoms with Crippen LogP contribution in [0.3, 0.4) is 0 Å². The standard InChI is InChI=1S/C14H14ClNO2/c1-17-12-5-6-13(16)14(8-12)18-9-10-3-2-4-11(15)7-10/h2-8H,9,16H2,1H3. The second kappa shape index (κ2) is 5.65. The van der Waals surface area contributed by atoms with Gasteiger partial charge in [0.25, 0.3) is 0 Å². The molecule has 2 rings (SSSR count). The number of benzene rings is 2. The largest absolute Gasteiger partial charge is 0.497 e. The summed E-state index contributed by atoms with van der Waals surface area (Å²) >= 11 is 5.91. The average Bonchev–Trinajstić information content (AvgIpc) is 2.38. The van der Waals surface area contributed by atoms with Crippen LogP contribution in [0.5, 0.6) is 11.5 Å². The first-order valence-corrected chi connectivity index (χ1v) is 5.87. The maximum Gasteiger partial charge on any atom is 0.146 e. The van der Waals surface area contributed by atoms with Crippen molar-refractivity contribution in [3.8, 4) is 11.5 Å². The Balaban J connectivity index is 2.10. The Morgan fingerprint density at radius 2 is 2.00 bits per heavy atom. The van der Waals surface area contributed by atoms with Crippen molar-refractivity contribution in [2.24, 2.45) is 0 Å². The number of hydrogen-bond acceptors (Lipinski definition) is 3. The van der Waals surface area contributed by atoms with E-state index in [2.05, 4.69) is 0 Å². The second-order valence-corrected chi connectivity index (χ2v) is 4.26. The van der Waals surface area contributed by atoms with Gasteiger partial charge in [-0.25, -0.2) is 0 Å². The van der Waals surface area contributed by atoms with Crippen LogP contribution in [0.2, 0.25) is 5.02 Å². The van der Waals surface area contributed by atoms with Crippen LogP contribution in [-0.2, 0) is 6.61 Å². The number of ether oxygens (including phenoxy) is 2. The van der Waals surface area contributed by atoms with Crippen LogP contribution in [0.25, 0.3) is 0 Å². The summed E-state index contributed by atoms with van der Waals surface area (Å²) < 4.78 is 10.8. The molecule has 0 aliphatic rings. The van der Waals surface area contributed by atoms with Crippen molar-refractivity contribution in [3.63, 3.8) is 0 Å². The fourth-order valence-corrected chi connectivity index (χ4v) is 1.77. The fourth-order valence-electron chi connectivity index (χ4n) is 1.55. The predicted molar refractivity (Wildman–Crippen MR) is 73.2 cm³/mol. The van der Waals surface area contributed by atoms with Crippen molar-refractivity contribution >= 4 is 17.3 Å². The van der Waals surface area contributed by atoms with Crippen LogP contribution in [0.15, 0.2) is 42.5 Å². The molecular formula is C14H14ClNO2. The third kappa shape index (κ3) is 3.08. The molecule has 0 bridgehead atoms. The zero-order chi connectivity index (χ0) is 13.0. The SMILES string of the molecule is COc1ccc(N)c(OCc2cccc(Cl)c2)c1. The summed E-state index contributed by atoms with van der Waals surface area (Å²) in [4.78, 5) is 0. The van der Waals surface area contributed by atoms with Crippen molar-refractivity contribution in [1.29, 1.82) is 0 Å². The minimum Gasteiger partial charge on any atom is -0.497 e. The van der Waals surface area contributed by atoms with Crippen molar-refractivity contribution in [2.45, 2.75) is 6.61 Å². The summed E-state index contributed by atoms with van der Waals surface area (Å²) in [7, 11) is 1.60. The highest BCUT2D eigenvalue weighted by molar-refractivity contribution is 6.30.